The lowest BCUT2D eigenvalue weighted by Crippen LogP contribution is -2.99. The summed E-state index contributed by atoms with van der Waals surface area (Å²) in [5, 5.41) is 13.8. The van der Waals surface area contributed by atoms with Crippen LogP contribution < -0.4 is 10.2 Å². The molecule has 2 atom stereocenters. The van der Waals surface area contributed by atoms with Crippen molar-refractivity contribution >= 4 is 23.0 Å². The van der Waals surface area contributed by atoms with Gasteiger partial charge in [0.05, 0.1) is 18.0 Å². The Morgan fingerprint density at radius 1 is 1.39 bits per heavy atom. The van der Waals surface area contributed by atoms with Gasteiger partial charge in [-0.3, -0.25) is 10.1 Å². The molecule has 1 aliphatic heterocycles. The van der Waals surface area contributed by atoms with Gasteiger partial charge in [0.25, 0.3) is 5.69 Å². The number of quaternary nitrogens is 1. The quantitative estimate of drug-likeness (QED) is 0.653. The number of nitrogens with two attached hydrogens (primary N) is 1. The number of nitro benzene ring substituents is 1. The first kappa shape index (κ1) is 13.1. The maximum atomic E-state index is 11.1. The minimum Gasteiger partial charge on any atom is -0.354 e. The second-order valence-corrected chi connectivity index (χ2v) is 5.38. The lowest BCUT2D eigenvalue weighted by molar-refractivity contribution is -0.716. The molecule has 1 aromatic rings. The third-order valence-electron chi connectivity index (χ3n) is 3.15. The van der Waals surface area contributed by atoms with Crippen molar-refractivity contribution in [1.29, 1.82) is 0 Å². The van der Waals surface area contributed by atoms with Gasteiger partial charge in [0, 0.05) is 11.1 Å². The summed E-state index contributed by atoms with van der Waals surface area (Å²) in [6.07, 6.45) is 0. The zero-order valence-corrected chi connectivity index (χ0v) is 11.2. The van der Waals surface area contributed by atoms with Crippen molar-refractivity contribution in [1.82, 2.24) is 0 Å². The average Bonchev–Trinajstić information content (AvgIpc) is 2.27. The molecule has 0 aromatic heterocycles. The largest absolute Gasteiger partial charge is 0.354 e. The van der Waals surface area contributed by atoms with Crippen LogP contribution in [0.25, 0.3) is 0 Å². The molecule has 2 rings (SSSR count). The van der Waals surface area contributed by atoms with E-state index in [-0.39, 0.29) is 10.6 Å². The third kappa shape index (κ3) is 2.73. The first-order chi connectivity index (χ1) is 8.47. The number of nitro groups is 1. The summed E-state index contributed by atoms with van der Waals surface area (Å²) < 4.78 is 0. The molecule has 2 N–H and O–H groups in total. The van der Waals surface area contributed by atoms with E-state index in [0.29, 0.717) is 22.8 Å². The van der Waals surface area contributed by atoms with Crippen LogP contribution in [0.1, 0.15) is 13.8 Å². The fraction of sp³-hybridized carbons (Fsp3) is 0.500. The molecular weight excluding hydrogens is 254 g/mol. The Labute approximate surface area is 111 Å². The first-order valence-corrected chi connectivity index (χ1v) is 6.39. The van der Waals surface area contributed by atoms with E-state index in [4.69, 9.17) is 11.6 Å². The molecule has 1 aliphatic rings. The second-order valence-electron chi connectivity index (χ2n) is 4.94. The van der Waals surface area contributed by atoms with Crippen LogP contribution in [0.5, 0.6) is 0 Å². The first-order valence-electron chi connectivity index (χ1n) is 6.01. The molecule has 0 spiro atoms. The number of piperazine rings is 1. The fourth-order valence-corrected chi connectivity index (χ4v) is 2.73. The van der Waals surface area contributed by atoms with Gasteiger partial charge in [-0.25, -0.2) is 0 Å². The topological polar surface area (TPSA) is 63.0 Å². The lowest BCUT2D eigenvalue weighted by atomic mass is 10.1. The molecule has 0 amide bonds. The highest BCUT2D eigenvalue weighted by molar-refractivity contribution is 6.30. The molecule has 1 aromatic carbocycles. The molecule has 1 fully saturated rings. The van der Waals surface area contributed by atoms with E-state index in [0.717, 1.165) is 13.1 Å². The fourth-order valence-electron chi connectivity index (χ4n) is 2.56. The van der Waals surface area contributed by atoms with Crippen LogP contribution in [-0.2, 0) is 0 Å². The van der Waals surface area contributed by atoms with Gasteiger partial charge in [-0.2, -0.15) is 0 Å². The van der Waals surface area contributed by atoms with E-state index in [9.17, 15) is 10.1 Å². The zero-order valence-electron chi connectivity index (χ0n) is 10.5. The van der Waals surface area contributed by atoms with E-state index < -0.39 is 0 Å². The molecule has 1 saturated heterocycles. The molecular formula is C12H17ClN3O2+. The average molecular weight is 271 g/mol. The predicted octanol–water partition coefficient (Wildman–Crippen LogP) is 1.41. The minimum atomic E-state index is -0.366. The summed E-state index contributed by atoms with van der Waals surface area (Å²) in [4.78, 5) is 12.8. The molecule has 0 bridgehead atoms. The Bertz CT molecular complexity index is 457. The van der Waals surface area contributed by atoms with Crippen LogP contribution in [0.3, 0.4) is 0 Å². The van der Waals surface area contributed by atoms with Crippen LogP contribution >= 0.6 is 11.6 Å². The minimum absolute atomic E-state index is 0.0869. The summed E-state index contributed by atoms with van der Waals surface area (Å²) in [6, 6.07) is 5.74. The summed E-state index contributed by atoms with van der Waals surface area (Å²) in [7, 11) is 0. The second kappa shape index (κ2) is 5.12. The highest BCUT2D eigenvalue weighted by Crippen LogP contribution is 2.31. The van der Waals surface area contributed by atoms with E-state index in [2.05, 4.69) is 24.1 Å². The van der Waals surface area contributed by atoms with E-state index in [1.165, 1.54) is 6.07 Å². The van der Waals surface area contributed by atoms with Gasteiger partial charge in [-0.05, 0) is 26.0 Å². The third-order valence-corrected chi connectivity index (χ3v) is 3.38. The number of nitrogens with zero attached hydrogens (tertiary/aromatic N) is 2. The Morgan fingerprint density at radius 3 is 2.56 bits per heavy atom. The standard InChI is InChI=1S/C12H16ClN3O2/c1-8-6-15(7-9(2)14-8)11-4-3-10(13)5-12(11)16(17)18/h3-5,8-9,14H,6-7H2,1-2H3/p+1/t8-,9-/m0/s1. The molecule has 1 heterocycles. The van der Waals surface area contributed by atoms with Gasteiger partial charge >= 0.3 is 0 Å². The van der Waals surface area contributed by atoms with Crippen molar-refractivity contribution in [2.75, 3.05) is 18.0 Å². The summed E-state index contributed by atoms with van der Waals surface area (Å²) >= 11 is 5.83. The van der Waals surface area contributed by atoms with Crippen molar-refractivity contribution in [2.45, 2.75) is 25.9 Å². The molecule has 98 valence electrons. The van der Waals surface area contributed by atoms with Gasteiger partial charge in [0.2, 0.25) is 0 Å². The number of benzene rings is 1. The maximum absolute atomic E-state index is 11.1. The van der Waals surface area contributed by atoms with Crippen molar-refractivity contribution < 1.29 is 10.2 Å². The summed E-state index contributed by atoms with van der Waals surface area (Å²) in [5.41, 5.74) is 0.750. The molecule has 5 nitrogen and oxygen atoms in total. The number of anilines is 1. The van der Waals surface area contributed by atoms with Gasteiger partial charge < -0.3 is 10.2 Å². The number of halogens is 1. The number of hydrogen-bond donors (Lipinski definition) is 1. The normalized spacial score (nSPS) is 24.1. The van der Waals surface area contributed by atoms with Crippen LogP contribution in [-0.4, -0.2) is 30.1 Å². The molecule has 0 radical (unpaired) electrons. The number of hydrogen-bond acceptors (Lipinski definition) is 3. The smallest absolute Gasteiger partial charge is 0.294 e. The Morgan fingerprint density at radius 2 is 2.00 bits per heavy atom. The van der Waals surface area contributed by atoms with Crippen LogP contribution in [0.2, 0.25) is 5.02 Å². The Hall–Kier alpha value is -1.33. The summed E-state index contributed by atoms with van der Waals surface area (Å²) in [6.45, 7) is 5.88. The van der Waals surface area contributed by atoms with Crippen LogP contribution in [0.15, 0.2) is 18.2 Å². The highest BCUT2D eigenvalue weighted by Gasteiger charge is 2.28. The molecule has 0 aliphatic carbocycles. The molecule has 18 heavy (non-hydrogen) atoms. The van der Waals surface area contributed by atoms with E-state index in [1.54, 1.807) is 12.1 Å². The maximum Gasteiger partial charge on any atom is 0.294 e. The van der Waals surface area contributed by atoms with Gasteiger partial charge in [-0.15, -0.1) is 0 Å². The Kier molecular flexibility index (Phi) is 3.73. The number of rotatable bonds is 2. The van der Waals surface area contributed by atoms with Crippen LogP contribution in [0, 0.1) is 10.1 Å². The van der Waals surface area contributed by atoms with Crippen molar-refractivity contribution in [3.05, 3.63) is 33.3 Å². The van der Waals surface area contributed by atoms with Crippen LogP contribution in [0.4, 0.5) is 11.4 Å². The summed E-state index contributed by atoms with van der Waals surface area (Å²) in [5.74, 6) is 0. The van der Waals surface area contributed by atoms with Gasteiger partial charge in [-0.1, -0.05) is 11.6 Å². The Balaban J connectivity index is 2.35. The van der Waals surface area contributed by atoms with Gasteiger partial charge in [0.1, 0.15) is 17.8 Å². The predicted molar refractivity (Wildman–Crippen MR) is 71.2 cm³/mol. The van der Waals surface area contributed by atoms with Gasteiger partial charge in [0.15, 0.2) is 0 Å². The zero-order chi connectivity index (χ0) is 13.3. The van der Waals surface area contributed by atoms with E-state index >= 15 is 0 Å². The van der Waals surface area contributed by atoms with Crippen molar-refractivity contribution in [3.63, 3.8) is 0 Å². The molecule has 0 unspecified atom stereocenters. The van der Waals surface area contributed by atoms with E-state index in [1.807, 2.05) is 0 Å². The lowest BCUT2D eigenvalue weighted by Gasteiger charge is -2.34. The highest BCUT2D eigenvalue weighted by atomic mass is 35.5. The van der Waals surface area contributed by atoms with Crippen molar-refractivity contribution in [3.8, 4) is 0 Å². The molecule has 0 saturated carbocycles. The SMILES string of the molecule is C[C@H]1CN(c2ccc(Cl)cc2[N+](=O)[O-])C[C@H](C)[NH2+]1. The monoisotopic (exact) mass is 270 g/mol. The van der Waals surface area contributed by atoms with Crippen molar-refractivity contribution in [2.24, 2.45) is 0 Å². The molecule has 6 heteroatoms.